The van der Waals surface area contributed by atoms with Gasteiger partial charge in [0.05, 0.1) is 10.5 Å². The Bertz CT molecular complexity index is 1100. The molecule has 0 saturated heterocycles. The number of halogens is 3. The van der Waals surface area contributed by atoms with Crippen molar-refractivity contribution in [1.29, 1.82) is 0 Å². The van der Waals surface area contributed by atoms with E-state index in [1.54, 1.807) is 0 Å². The third-order valence-electron chi connectivity index (χ3n) is 4.29. The molecule has 3 N–H and O–H groups in total. The zero-order valence-corrected chi connectivity index (χ0v) is 14.6. The molecule has 0 bridgehead atoms. The molecule has 3 rings (SSSR count). The lowest BCUT2D eigenvalue weighted by molar-refractivity contribution is -0.383. The largest absolute Gasteiger partial charge is 0.477 e. The molecule has 0 fully saturated rings. The van der Waals surface area contributed by atoms with E-state index in [0.29, 0.717) is 11.4 Å². The minimum atomic E-state index is -4.48. The number of carboxylic acids is 1. The number of non-ortho nitro benzene ring substituents is 1. The second-order valence-electron chi connectivity index (χ2n) is 6.27. The van der Waals surface area contributed by atoms with Gasteiger partial charge in [-0.2, -0.15) is 13.2 Å². The molecule has 3 aromatic rings. The predicted octanol–water partition coefficient (Wildman–Crippen LogP) is 5.15. The van der Waals surface area contributed by atoms with Crippen LogP contribution in [0.4, 0.5) is 30.2 Å². The highest BCUT2D eigenvalue weighted by Gasteiger charge is 2.34. The van der Waals surface area contributed by atoms with Crippen LogP contribution < -0.4 is 5.32 Å². The molecule has 1 heterocycles. The number of nitro benzene ring substituents is 1. The first-order valence-electron chi connectivity index (χ1n) is 7.98. The average Bonchev–Trinajstić information content (AvgIpc) is 2.98. The van der Waals surface area contributed by atoms with Crippen LogP contribution in [0, 0.1) is 24.0 Å². The number of H-pyrrole nitrogens is 1. The number of carboxylic acid groups (broad SMARTS) is 1. The third kappa shape index (κ3) is 3.36. The van der Waals surface area contributed by atoms with Gasteiger partial charge in [0, 0.05) is 22.8 Å². The van der Waals surface area contributed by atoms with E-state index in [-0.39, 0.29) is 33.4 Å². The van der Waals surface area contributed by atoms with Crippen LogP contribution in [0.2, 0.25) is 0 Å². The Morgan fingerprint density at radius 2 is 1.79 bits per heavy atom. The van der Waals surface area contributed by atoms with Crippen LogP contribution in [0.15, 0.2) is 30.3 Å². The monoisotopic (exact) mass is 393 g/mol. The van der Waals surface area contributed by atoms with Crippen molar-refractivity contribution in [2.24, 2.45) is 0 Å². The Morgan fingerprint density at radius 1 is 1.18 bits per heavy atom. The van der Waals surface area contributed by atoms with Crippen LogP contribution >= 0.6 is 0 Å². The molecule has 0 radical (unpaired) electrons. The van der Waals surface area contributed by atoms with E-state index in [4.69, 9.17) is 5.11 Å². The van der Waals surface area contributed by atoms with Crippen LogP contribution in [-0.2, 0) is 6.18 Å². The summed E-state index contributed by atoms with van der Waals surface area (Å²) in [7, 11) is 0. The number of carbonyl (C=O) groups is 1. The smallest absolute Gasteiger partial charge is 0.416 e. The Labute approximate surface area is 155 Å². The van der Waals surface area contributed by atoms with Gasteiger partial charge in [0.2, 0.25) is 0 Å². The van der Waals surface area contributed by atoms with Crippen LogP contribution in [0.1, 0.15) is 27.2 Å². The number of nitrogens with zero attached hydrogens (tertiary/aromatic N) is 1. The van der Waals surface area contributed by atoms with Crippen molar-refractivity contribution in [3.05, 3.63) is 62.8 Å². The number of fused-ring (bicyclic) bond motifs is 1. The van der Waals surface area contributed by atoms with Crippen molar-refractivity contribution in [2.75, 3.05) is 5.32 Å². The summed E-state index contributed by atoms with van der Waals surface area (Å²) in [5.41, 5.74) is -0.560. The van der Waals surface area contributed by atoms with Gasteiger partial charge in [-0.15, -0.1) is 0 Å². The van der Waals surface area contributed by atoms with Crippen LogP contribution in [-0.4, -0.2) is 21.0 Å². The van der Waals surface area contributed by atoms with Gasteiger partial charge in [-0.3, -0.25) is 10.1 Å². The molecule has 28 heavy (non-hydrogen) atoms. The van der Waals surface area contributed by atoms with Gasteiger partial charge in [-0.25, -0.2) is 4.79 Å². The number of anilines is 2. The number of nitrogens with one attached hydrogen (secondary N) is 2. The summed E-state index contributed by atoms with van der Waals surface area (Å²) < 4.78 is 39.4. The first-order valence-corrected chi connectivity index (χ1v) is 7.98. The normalized spacial score (nSPS) is 11.6. The first kappa shape index (κ1) is 19.2. The fraction of sp³-hybridized carbons (Fsp3) is 0.167. The third-order valence-corrected chi connectivity index (χ3v) is 4.29. The van der Waals surface area contributed by atoms with Crippen molar-refractivity contribution >= 4 is 33.9 Å². The maximum Gasteiger partial charge on any atom is 0.416 e. The lowest BCUT2D eigenvalue weighted by Crippen LogP contribution is -2.10. The molecule has 1 aromatic heterocycles. The number of hydrogen-bond acceptors (Lipinski definition) is 4. The summed E-state index contributed by atoms with van der Waals surface area (Å²) in [5, 5.41) is 23.5. The van der Waals surface area contributed by atoms with Crippen LogP contribution in [0.5, 0.6) is 0 Å². The van der Waals surface area contributed by atoms with Crippen LogP contribution in [0.25, 0.3) is 10.9 Å². The van der Waals surface area contributed by atoms with E-state index in [2.05, 4.69) is 10.3 Å². The molecular weight excluding hydrogens is 379 g/mol. The van der Waals surface area contributed by atoms with E-state index >= 15 is 0 Å². The Hall–Kier alpha value is -3.56. The molecule has 0 atom stereocenters. The van der Waals surface area contributed by atoms with Crippen molar-refractivity contribution in [3.8, 4) is 0 Å². The number of benzene rings is 2. The maximum atomic E-state index is 13.1. The molecule has 0 amide bonds. The highest BCUT2D eigenvalue weighted by molar-refractivity contribution is 6.03. The average molecular weight is 393 g/mol. The van der Waals surface area contributed by atoms with Crippen LogP contribution in [0.3, 0.4) is 0 Å². The van der Waals surface area contributed by atoms with Gasteiger partial charge in [0.15, 0.2) is 0 Å². The van der Waals surface area contributed by atoms with E-state index in [1.165, 1.54) is 44.2 Å². The number of aryl methyl sites for hydroxylation is 2. The number of rotatable bonds is 4. The molecular formula is C18H14F3N3O4. The molecule has 0 aliphatic rings. The molecule has 146 valence electrons. The fourth-order valence-corrected chi connectivity index (χ4v) is 3.22. The number of nitro groups is 1. The molecule has 0 aliphatic carbocycles. The number of aromatic nitrogens is 1. The minimum Gasteiger partial charge on any atom is -0.477 e. The van der Waals surface area contributed by atoms with Crippen molar-refractivity contribution < 1.29 is 28.0 Å². The Balaban J connectivity index is 2.12. The topological polar surface area (TPSA) is 108 Å². The summed E-state index contributed by atoms with van der Waals surface area (Å²) in [6.07, 6.45) is -4.48. The summed E-state index contributed by atoms with van der Waals surface area (Å²) in [4.78, 5) is 24.3. The lowest BCUT2D eigenvalue weighted by Gasteiger charge is -2.16. The van der Waals surface area contributed by atoms with E-state index in [9.17, 15) is 28.1 Å². The second-order valence-corrected chi connectivity index (χ2v) is 6.27. The standard InChI is InChI=1S/C18H14F3N3O4/c1-8-5-10(6-9(2)15(8)18(19,20)21)22-12-3-4-14(24(27)28)16-11(12)7-13(23-16)17(25)26/h3-7,22-23H,1-2H3,(H,25,26). The molecule has 0 unspecified atom stereocenters. The van der Waals surface area contributed by atoms with Gasteiger partial charge in [0.1, 0.15) is 11.2 Å². The zero-order chi connectivity index (χ0) is 20.8. The summed E-state index contributed by atoms with van der Waals surface area (Å²) in [6.45, 7) is 2.68. The molecule has 0 saturated carbocycles. The SMILES string of the molecule is Cc1cc(Nc2ccc([N+](=O)[O-])c3[nH]c(C(=O)O)cc23)cc(C)c1C(F)(F)F. The molecule has 0 spiro atoms. The van der Waals surface area contributed by atoms with E-state index < -0.39 is 22.6 Å². The van der Waals surface area contributed by atoms with E-state index in [0.717, 1.165) is 0 Å². The van der Waals surface area contributed by atoms with Gasteiger partial charge in [-0.05, 0) is 49.2 Å². The van der Waals surface area contributed by atoms with Gasteiger partial charge in [-0.1, -0.05) is 0 Å². The van der Waals surface area contributed by atoms with Crippen molar-refractivity contribution in [2.45, 2.75) is 20.0 Å². The second kappa shape index (κ2) is 6.55. The molecule has 0 aliphatic heterocycles. The highest BCUT2D eigenvalue weighted by Crippen LogP contribution is 2.38. The summed E-state index contributed by atoms with van der Waals surface area (Å²) in [6, 6.07) is 6.43. The highest BCUT2D eigenvalue weighted by atomic mass is 19.4. The Kier molecular flexibility index (Phi) is 4.50. The zero-order valence-electron chi connectivity index (χ0n) is 14.6. The Morgan fingerprint density at radius 3 is 2.29 bits per heavy atom. The number of aromatic carboxylic acids is 1. The number of hydrogen-bond donors (Lipinski definition) is 3. The molecule has 2 aromatic carbocycles. The van der Waals surface area contributed by atoms with E-state index in [1.807, 2.05) is 0 Å². The van der Waals surface area contributed by atoms with Crippen molar-refractivity contribution in [1.82, 2.24) is 4.98 Å². The van der Waals surface area contributed by atoms with Gasteiger partial charge in [0.25, 0.3) is 5.69 Å². The fourth-order valence-electron chi connectivity index (χ4n) is 3.22. The first-order chi connectivity index (χ1) is 13.0. The van der Waals surface area contributed by atoms with Crippen molar-refractivity contribution in [3.63, 3.8) is 0 Å². The number of alkyl halides is 3. The number of aromatic amines is 1. The van der Waals surface area contributed by atoms with Gasteiger partial charge >= 0.3 is 12.1 Å². The minimum absolute atomic E-state index is 0.00718. The quantitative estimate of drug-likeness (QED) is 0.419. The molecule has 10 heteroatoms. The molecule has 7 nitrogen and oxygen atoms in total. The summed E-state index contributed by atoms with van der Waals surface area (Å²) in [5.74, 6) is -1.29. The maximum absolute atomic E-state index is 13.1. The summed E-state index contributed by atoms with van der Waals surface area (Å²) >= 11 is 0. The van der Waals surface area contributed by atoms with Gasteiger partial charge < -0.3 is 15.4 Å². The predicted molar refractivity (Wildman–Crippen MR) is 96.1 cm³/mol. The lowest BCUT2D eigenvalue weighted by atomic mass is 10.0.